The van der Waals surface area contributed by atoms with E-state index in [9.17, 15) is 0 Å². The van der Waals surface area contributed by atoms with Gasteiger partial charge in [0.15, 0.2) is 5.82 Å². The van der Waals surface area contributed by atoms with Crippen LogP contribution in [0.4, 0.5) is 0 Å². The van der Waals surface area contributed by atoms with E-state index in [4.69, 9.17) is 0 Å². The van der Waals surface area contributed by atoms with Gasteiger partial charge in [0.2, 0.25) is 5.16 Å². The van der Waals surface area contributed by atoms with Crippen molar-refractivity contribution < 1.29 is 0 Å². The van der Waals surface area contributed by atoms with Gasteiger partial charge < -0.3 is 0 Å². The molecule has 0 amide bonds. The zero-order chi connectivity index (χ0) is 14.7. The monoisotopic (exact) mass is 295 g/mol. The number of aromatic amines is 1. The maximum atomic E-state index is 4.55. The Balaban J connectivity index is 1.69. The van der Waals surface area contributed by atoms with Crippen molar-refractivity contribution in [2.75, 3.05) is 0 Å². The fraction of sp³-hybridized carbons (Fsp3) is 0.176. The number of benzene rings is 2. The molecule has 0 spiro atoms. The lowest BCUT2D eigenvalue weighted by Crippen LogP contribution is -1.83. The van der Waals surface area contributed by atoms with Crippen LogP contribution in [-0.2, 0) is 5.75 Å². The molecule has 0 aliphatic rings. The van der Waals surface area contributed by atoms with Gasteiger partial charge in [-0.3, -0.25) is 5.10 Å². The molecule has 1 N–H and O–H groups in total. The van der Waals surface area contributed by atoms with Gasteiger partial charge >= 0.3 is 0 Å². The summed E-state index contributed by atoms with van der Waals surface area (Å²) in [6, 6.07) is 16.8. The van der Waals surface area contributed by atoms with Crippen LogP contribution in [0.2, 0.25) is 0 Å². The van der Waals surface area contributed by atoms with Gasteiger partial charge in [-0.25, -0.2) is 4.98 Å². The number of thioether (sulfide) groups is 1. The zero-order valence-corrected chi connectivity index (χ0v) is 12.9. The molecule has 0 aliphatic carbocycles. The second-order valence-corrected chi connectivity index (χ2v) is 6.05. The van der Waals surface area contributed by atoms with Gasteiger partial charge in [-0.1, -0.05) is 65.4 Å². The van der Waals surface area contributed by atoms with E-state index < -0.39 is 0 Å². The van der Waals surface area contributed by atoms with Gasteiger partial charge in [0.1, 0.15) is 0 Å². The summed E-state index contributed by atoms with van der Waals surface area (Å²) in [5, 5.41) is 8.08. The predicted octanol–water partition coefficient (Wildman–Crippen LogP) is 4.38. The van der Waals surface area contributed by atoms with Crippen LogP contribution < -0.4 is 0 Å². The van der Waals surface area contributed by atoms with Gasteiger partial charge in [-0.05, 0) is 25.5 Å². The Bertz CT molecular complexity index is 732. The second kappa shape index (κ2) is 6.14. The van der Waals surface area contributed by atoms with Gasteiger partial charge in [0, 0.05) is 11.3 Å². The number of nitrogens with zero attached hydrogens (tertiary/aromatic N) is 2. The summed E-state index contributed by atoms with van der Waals surface area (Å²) >= 11 is 1.65. The van der Waals surface area contributed by atoms with E-state index in [0.717, 1.165) is 22.3 Å². The van der Waals surface area contributed by atoms with Crippen LogP contribution in [0.15, 0.2) is 53.7 Å². The molecule has 0 bridgehead atoms. The lowest BCUT2D eigenvalue weighted by Gasteiger charge is -1.99. The average molecular weight is 295 g/mol. The highest BCUT2D eigenvalue weighted by molar-refractivity contribution is 7.98. The first kappa shape index (κ1) is 13.9. The molecular weight excluding hydrogens is 278 g/mol. The van der Waals surface area contributed by atoms with E-state index in [0.29, 0.717) is 0 Å². The summed E-state index contributed by atoms with van der Waals surface area (Å²) in [6.45, 7) is 4.17. The second-order valence-electron chi connectivity index (χ2n) is 5.11. The largest absolute Gasteiger partial charge is 0.258 e. The van der Waals surface area contributed by atoms with Crippen LogP contribution in [0.25, 0.3) is 11.4 Å². The van der Waals surface area contributed by atoms with Gasteiger partial charge in [0.05, 0.1) is 0 Å². The minimum Gasteiger partial charge on any atom is -0.258 e. The smallest absolute Gasteiger partial charge is 0.209 e. The first-order valence-electron chi connectivity index (χ1n) is 6.88. The maximum absolute atomic E-state index is 4.55. The lowest BCUT2D eigenvalue weighted by atomic mass is 10.1. The molecule has 3 nitrogen and oxygen atoms in total. The van der Waals surface area contributed by atoms with Crippen LogP contribution in [0.3, 0.4) is 0 Å². The normalized spacial score (nSPS) is 10.8. The third-order valence-corrected chi connectivity index (χ3v) is 4.16. The first-order valence-corrected chi connectivity index (χ1v) is 7.87. The standard InChI is InChI=1S/C17H17N3S/c1-12-6-8-14(9-7-12)11-21-17-18-16(19-20-17)15-5-3-4-13(2)10-15/h3-10H,11H2,1-2H3,(H,18,19,20). The van der Waals surface area contributed by atoms with E-state index in [-0.39, 0.29) is 0 Å². The average Bonchev–Trinajstić information content (AvgIpc) is 2.96. The molecule has 1 aromatic heterocycles. The summed E-state index contributed by atoms with van der Waals surface area (Å²) in [6.07, 6.45) is 0. The molecule has 0 unspecified atom stereocenters. The molecule has 2 aromatic carbocycles. The molecule has 0 radical (unpaired) electrons. The molecule has 4 heteroatoms. The minimum absolute atomic E-state index is 0.784. The Morgan fingerprint density at radius 3 is 2.57 bits per heavy atom. The highest BCUT2D eigenvalue weighted by atomic mass is 32.2. The number of H-pyrrole nitrogens is 1. The Morgan fingerprint density at radius 2 is 1.81 bits per heavy atom. The third kappa shape index (κ3) is 3.52. The Morgan fingerprint density at radius 1 is 1.00 bits per heavy atom. The molecule has 1 heterocycles. The molecule has 0 fully saturated rings. The van der Waals surface area contributed by atoms with E-state index in [2.05, 4.69) is 65.4 Å². The lowest BCUT2D eigenvalue weighted by molar-refractivity contribution is 0.973. The molecule has 21 heavy (non-hydrogen) atoms. The summed E-state index contributed by atoms with van der Waals surface area (Å²) in [4.78, 5) is 4.55. The van der Waals surface area contributed by atoms with Crippen molar-refractivity contribution in [1.82, 2.24) is 15.2 Å². The van der Waals surface area contributed by atoms with E-state index in [1.807, 2.05) is 12.1 Å². The molecule has 3 aromatic rings. The zero-order valence-electron chi connectivity index (χ0n) is 12.1. The molecule has 0 aliphatic heterocycles. The maximum Gasteiger partial charge on any atom is 0.209 e. The Hall–Kier alpha value is -2.07. The topological polar surface area (TPSA) is 41.6 Å². The molecule has 0 saturated heterocycles. The van der Waals surface area contributed by atoms with Crippen molar-refractivity contribution in [3.05, 3.63) is 65.2 Å². The number of nitrogens with one attached hydrogen (secondary N) is 1. The number of rotatable bonds is 4. The fourth-order valence-electron chi connectivity index (χ4n) is 2.06. The van der Waals surface area contributed by atoms with Gasteiger partial charge in [-0.2, -0.15) is 0 Å². The fourth-order valence-corrected chi connectivity index (χ4v) is 2.82. The van der Waals surface area contributed by atoms with Crippen molar-refractivity contribution in [2.45, 2.75) is 24.8 Å². The summed E-state index contributed by atoms with van der Waals surface area (Å²) < 4.78 is 0. The predicted molar refractivity (Wildman–Crippen MR) is 87.3 cm³/mol. The summed E-state index contributed by atoms with van der Waals surface area (Å²) in [7, 11) is 0. The van der Waals surface area contributed by atoms with Crippen LogP contribution >= 0.6 is 11.8 Å². The number of hydrogen-bond donors (Lipinski definition) is 1. The van der Waals surface area contributed by atoms with Crippen LogP contribution in [-0.4, -0.2) is 15.2 Å². The van der Waals surface area contributed by atoms with Gasteiger partial charge in [-0.15, -0.1) is 5.10 Å². The van der Waals surface area contributed by atoms with Crippen molar-refractivity contribution in [3.8, 4) is 11.4 Å². The van der Waals surface area contributed by atoms with Crippen molar-refractivity contribution >= 4 is 11.8 Å². The highest BCUT2D eigenvalue weighted by Crippen LogP contribution is 2.22. The van der Waals surface area contributed by atoms with Crippen molar-refractivity contribution in [3.63, 3.8) is 0 Å². The number of hydrogen-bond acceptors (Lipinski definition) is 3. The molecule has 0 saturated carbocycles. The van der Waals surface area contributed by atoms with Crippen LogP contribution in [0, 0.1) is 13.8 Å². The SMILES string of the molecule is Cc1ccc(CSc2n[nH]c(-c3cccc(C)c3)n2)cc1. The van der Waals surface area contributed by atoms with Crippen LogP contribution in [0.5, 0.6) is 0 Å². The Labute approximate surface area is 128 Å². The highest BCUT2D eigenvalue weighted by Gasteiger charge is 2.06. The summed E-state index contributed by atoms with van der Waals surface area (Å²) in [5.74, 6) is 1.70. The quantitative estimate of drug-likeness (QED) is 0.726. The molecular formula is C17H17N3S. The Kier molecular flexibility index (Phi) is 4.06. The minimum atomic E-state index is 0.784. The van der Waals surface area contributed by atoms with Crippen LogP contribution in [0.1, 0.15) is 16.7 Å². The summed E-state index contributed by atoms with van der Waals surface area (Å²) in [5.41, 5.74) is 4.86. The van der Waals surface area contributed by atoms with Crippen molar-refractivity contribution in [1.29, 1.82) is 0 Å². The van der Waals surface area contributed by atoms with Crippen molar-refractivity contribution in [2.24, 2.45) is 0 Å². The van der Waals surface area contributed by atoms with E-state index >= 15 is 0 Å². The van der Waals surface area contributed by atoms with E-state index in [1.54, 1.807) is 11.8 Å². The number of aromatic nitrogens is 3. The van der Waals surface area contributed by atoms with E-state index in [1.165, 1.54) is 16.7 Å². The third-order valence-electron chi connectivity index (χ3n) is 3.24. The number of aryl methyl sites for hydroxylation is 2. The van der Waals surface area contributed by atoms with Gasteiger partial charge in [0.25, 0.3) is 0 Å². The first-order chi connectivity index (χ1) is 10.2. The molecule has 106 valence electrons. The molecule has 0 atom stereocenters. The molecule has 3 rings (SSSR count).